The average Bonchev–Trinajstić information content (AvgIpc) is 2.91. The van der Waals surface area contributed by atoms with Crippen LogP contribution in [0.5, 0.6) is 0 Å². The summed E-state index contributed by atoms with van der Waals surface area (Å²) < 4.78 is 9.84. The lowest BCUT2D eigenvalue weighted by Crippen LogP contribution is -2.20. The summed E-state index contributed by atoms with van der Waals surface area (Å²) in [5, 5.41) is 0. The van der Waals surface area contributed by atoms with E-state index in [1.54, 1.807) is 18.6 Å². The molecule has 2 aromatic rings. The van der Waals surface area contributed by atoms with Gasteiger partial charge in [0.1, 0.15) is 0 Å². The van der Waals surface area contributed by atoms with Gasteiger partial charge >= 0.3 is 5.97 Å². The van der Waals surface area contributed by atoms with Crippen molar-refractivity contribution in [2.75, 3.05) is 19.9 Å². The second kappa shape index (κ2) is 6.25. The predicted molar refractivity (Wildman–Crippen MR) is 76.1 cm³/mol. The fourth-order valence-electron chi connectivity index (χ4n) is 2.14. The van der Waals surface area contributed by atoms with Crippen molar-refractivity contribution < 1.29 is 13.9 Å². The summed E-state index contributed by atoms with van der Waals surface area (Å²) in [7, 11) is 3.32. The van der Waals surface area contributed by atoms with Gasteiger partial charge in [-0.15, -0.1) is 0 Å². The first-order chi connectivity index (χ1) is 9.61. The summed E-state index contributed by atoms with van der Waals surface area (Å²) in [4.78, 5) is 13.9. The topological polar surface area (TPSA) is 68.7 Å². The van der Waals surface area contributed by atoms with Crippen LogP contribution in [0.3, 0.4) is 0 Å². The summed E-state index contributed by atoms with van der Waals surface area (Å²) in [5.74, 6) is -0.408. The van der Waals surface area contributed by atoms with Gasteiger partial charge in [-0.1, -0.05) is 12.1 Å². The number of ether oxygens (including phenoxy) is 1. The highest BCUT2D eigenvalue weighted by molar-refractivity contribution is 5.96. The Bertz CT molecular complexity index is 579. The van der Waals surface area contributed by atoms with Gasteiger partial charge in [-0.2, -0.15) is 0 Å². The highest BCUT2D eigenvalue weighted by atomic mass is 16.5. The molecule has 0 aliphatic rings. The van der Waals surface area contributed by atoms with Crippen LogP contribution in [-0.2, 0) is 17.8 Å². The summed E-state index contributed by atoms with van der Waals surface area (Å²) in [6.07, 6.45) is 3.35. The molecule has 0 spiro atoms. The van der Waals surface area contributed by atoms with E-state index in [9.17, 15) is 4.79 Å². The number of carbonyl (C=O) groups excluding carboxylic acids is 1. The van der Waals surface area contributed by atoms with Gasteiger partial charge in [-0.25, -0.2) is 4.79 Å². The van der Waals surface area contributed by atoms with Gasteiger partial charge in [0.05, 0.1) is 25.2 Å². The smallest absolute Gasteiger partial charge is 0.340 e. The van der Waals surface area contributed by atoms with Crippen LogP contribution in [-0.4, -0.2) is 25.0 Å². The molecule has 5 heteroatoms. The molecule has 0 unspecified atom stereocenters. The number of methoxy groups -OCH3 is 1. The Morgan fingerprint density at radius 3 is 2.80 bits per heavy atom. The molecule has 1 heterocycles. The summed E-state index contributed by atoms with van der Waals surface area (Å²) >= 11 is 0. The molecular formula is C15H18N2O3. The van der Waals surface area contributed by atoms with Crippen molar-refractivity contribution in [1.82, 2.24) is 4.90 Å². The summed E-state index contributed by atoms with van der Waals surface area (Å²) in [6, 6.07) is 7.33. The van der Waals surface area contributed by atoms with Crippen LogP contribution in [0.4, 0.5) is 5.69 Å². The molecule has 1 aromatic carbocycles. The SMILES string of the molecule is COC(=O)c1c(N)cccc1CN(C)Cc1ccoc1. The number of nitrogens with zero attached hydrogens (tertiary/aromatic N) is 1. The van der Waals surface area contributed by atoms with Crippen molar-refractivity contribution >= 4 is 11.7 Å². The molecule has 0 aliphatic heterocycles. The first-order valence-corrected chi connectivity index (χ1v) is 6.27. The second-order valence-corrected chi connectivity index (χ2v) is 4.68. The molecule has 0 bridgehead atoms. The number of benzene rings is 1. The molecule has 1 aromatic heterocycles. The molecule has 0 atom stereocenters. The summed E-state index contributed by atoms with van der Waals surface area (Å²) in [5.41, 5.74) is 8.68. The number of hydrogen-bond donors (Lipinski definition) is 1. The number of esters is 1. The first-order valence-electron chi connectivity index (χ1n) is 6.27. The zero-order valence-electron chi connectivity index (χ0n) is 11.6. The quantitative estimate of drug-likeness (QED) is 0.669. The van der Waals surface area contributed by atoms with Gasteiger partial charge < -0.3 is 14.9 Å². The van der Waals surface area contributed by atoms with Crippen LogP contribution in [0.2, 0.25) is 0 Å². The minimum atomic E-state index is -0.408. The minimum Gasteiger partial charge on any atom is -0.472 e. The van der Waals surface area contributed by atoms with Crippen molar-refractivity contribution in [3.63, 3.8) is 0 Å². The highest BCUT2D eigenvalue weighted by Crippen LogP contribution is 2.20. The third-order valence-electron chi connectivity index (χ3n) is 3.05. The van der Waals surface area contributed by atoms with Crippen molar-refractivity contribution in [1.29, 1.82) is 0 Å². The molecule has 0 saturated carbocycles. The van der Waals surface area contributed by atoms with Crippen LogP contribution in [0, 0.1) is 0 Å². The Kier molecular flexibility index (Phi) is 4.42. The zero-order valence-corrected chi connectivity index (χ0v) is 11.6. The van der Waals surface area contributed by atoms with Crippen molar-refractivity contribution in [3.05, 3.63) is 53.5 Å². The van der Waals surface area contributed by atoms with E-state index >= 15 is 0 Å². The fraction of sp³-hybridized carbons (Fsp3) is 0.267. The van der Waals surface area contributed by atoms with Crippen LogP contribution in [0.1, 0.15) is 21.5 Å². The highest BCUT2D eigenvalue weighted by Gasteiger charge is 2.16. The van der Waals surface area contributed by atoms with Gasteiger partial charge in [0, 0.05) is 24.3 Å². The number of carbonyl (C=O) groups is 1. The Morgan fingerprint density at radius 2 is 2.15 bits per heavy atom. The lowest BCUT2D eigenvalue weighted by atomic mass is 10.0. The zero-order chi connectivity index (χ0) is 14.5. The maximum atomic E-state index is 11.8. The predicted octanol–water partition coefficient (Wildman–Crippen LogP) is 2.28. The Balaban J connectivity index is 2.16. The molecule has 0 amide bonds. The third kappa shape index (κ3) is 3.19. The number of rotatable bonds is 5. The van der Waals surface area contributed by atoms with E-state index in [1.165, 1.54) is 7.11 Å². The van der Waals surface area contributed by atoms with Crippen molar-refractivity contribution in [2.24, 2.45) is 0 Å². The summed E-state index contributed by atoms with van der Waals surface area (Å²) in [6.45, 7) is 1.33. The molecule has 2 rings (SSSR count). The second-order valence-electron chi connectivity index (χ2n) is 4.68. The van der Waals surface area contributed by atoms with Crippen LogP contribution in [0.15, 0.2) is 41.2 Å². The molecule has 0 saturated heterocycles. The Labute approximate surface area is 117 Å². The molecule has 0 radical (unpaired) electrons. The van der Waals surface area contributed by atoms with Crippen LogP contribution < -0.4 is 5.73 Å². The number of hydrogen-bond acceptors (Lipinski definition) is 5. The number of anilines is 1. The third-order valence-corrected chi connectivity index (χ3v) is 3.05. The van der Waals surface area contributed by atoms with Crippen LogP contribution >= 0.6 is 0 Å². The minimum absolute atomic E-state index is 0.408. The average molecular weight is 274 g/mol. The fourth-order valence-corrected chi connectivity index (χ4v) is 2.14. The Hall–Kier alpha value is -2.27. The van der Waals surface area contributed by atoms with Crippen molar-refractivity contribution in [3.8, 4) is 0 Å². The number of nitrogens with two attached hydrogens (primary N) is 1. The van der Waals surface area contributed by atoms with E-state index in [0.717, 1.165) is 17.7 Å². The van der Waals surface area contributed by atoms with Crippen LogP contribution in [0.25, 0.3) is 0 Å². The maximum absolute atomic E-state index is 11.8. The van der Waals surface area contributed by atoms with E-state index < -0.39 is 5.97 Å². The van der Waals surface area contributed by atoms with Gasteiger partial charge in [0.2, 0.25) is 0 Å². The largest absolute Gasteiger partial charge is 0.472 e. The normalized spacial score (nSPS) is 10.8. The van der Waals surface area contributed by atoms with Gasteiger partial charge in [0.15, 0.2) is 0 Å². The molecule has 2 N–H and O–H groups in total. The van der Waals surface area contributed by atoms with E-state index in [0.29, 0.717) is 17.8 Å². The lowest BCUT2D eigenvalue weighted by Gasteiger charge is -2.18. The van der Waals surface area contributed by atoms with Crippen molar-refractivity contribution in [2.45, 2.75) is 13.1 Å². The lowest BCUT2D eigenvalue weighted by molar-refractivity contribution is 0.0599. The molecule has 20 heavy (non-hydrogen) atoms. The molecule has 0 aliphatic carbocycles. The monoisotopic (exact) mass is 274 g/mol. The Morgan fingerprint density at radius 1 is 1.35 bits per heavy atom. The first kappa shape index (κ1) is 14.1. The molecular weight excluding hydrogens is 256 g/mol. The van der Waals surface area contributed by atoms with E-state index in [2.05, 4.69) is 4.90 Å². The van der Waals surface area contributed by atoms with E-state index in [1.807, 2.05) is 25.2 Å². The number of nitrogen functional groups attached to an aromatic ring is 1. The van der Waals surface area contributed by atoms with Gasteiger partial charge in [0.25, 0.3) is 0 Å². The van der Waals surface area contributed by atoms with Gasteiger partial charge in [-0.05, 0) is 24.7 Å². The molecule has 5 nitrogen and oxygen atoms in total. The van der Waals surface area contributed by atoms with E-state index in [4.69, 9.17) is 14.9 Å². The molecule has 106 valence electrons. The number of furan rings is 1. The maximum Gasteiger partial charge on any atom is 0.340 e. The standard InChI is InChI=1S/C15H18N2O3/c1-17(8-11-6-7-20-10-11)9-12-4-3-5-13(16)14(12)15(18)19-2/h3-7,10H,8-9,16H2,1-2H3. The van der Waals surface area contributed by atoms with E-state index in [-0.39, 0.29) is 0 Å². The molecule has 0 fully saturated rings. The van der Waals surface area contributed by atoms with Gasteiger partial charge in [-0.3, -0.25) is 4.90 Å².